The number of halogens is 4. The van der Waals surface area contributed by atoms with Crippen LogP contribution in [0.3, 0.4) is 0 Å². The Kier molecular flexibility index (Phi) is 4.55. The first-order valence-electron chi connectivity index (χ1n) is 7.25. The van der Waals surface area contributed by atoms with Gasteiger partial charge in [0.05, 0.1) is 0 Å². The van der Waals surface area contributed by atoms with Crippen LogP contribution in [0.25, 0.3) is 11.1 Å². The molecule has 130 valence electrons. The molecule has 3 rings (SSSR count). The first kappa shape index (κ1) is 17.5. The molecular formula is C17H12BrF3N2O2. The van der Waals surface area contributed by atoms with E-state index in [0.29, 0.717) is 29.0 Å². The fourth-order valence-corrected chi connectivity index (χ4v) is 2.64. The molecule has 0 spiro atoms. The molecule has 25 heavy (non-hydrogen) atoms. The summed E-state index contributed by atoms with van der Waals surface area (Å²) in [6.07, 6.45) is -4.49. The summed E-state index contributed by atoms with van der Waals surface area (Å²) in [4.78, 5) is 15.4. The highest BCUT2D eigenvalue weighted by molar-refractivity contribution is 9.10. The van der Waals surface area contributed by atoms with E-state index in [1.54, 1.807) is 6.92 Å². The molecule has 0 aliphatic heterocycles. The molecule has 0 aliphatic carbocycles. The number of fused-ring (bicyclic) bond motifs is 1. The number of nitrogens with zero attached hydrogens (tertiary/aromatic N) is 1. The number of hydrogen-bond donors (Lipinski definition) is 1. The zero-order valence-electron chi connectivity index (χ0n) is 12.9. The van der Waals surface area contributed by atoms with Crippen LogP contribution in [-0.4, -0.2) is 17.1 Å². The van der Waals surface area contributed by atoms with Gasteiger partial charge >= 0.3 is 12.1 Å². The Bertz CT molecular complexity index is 933. The van der Waals surface area contributed by atoms with Crippen LogP contribution < -0.4 is 5.32 Å². The SMILES string of the molecule is Cc1cc(NC(=O)C(F)(F)F)cc2nc(Cc3ccc(Br)cc3)oc12. The maximum Gasteiger partial charge on any atom is 0.471 e. The van der Waals surface area contributed by atoms with Crippen molar-refractivity contribution in [3.63, 3.8) is 0 Å². The Morgan fingerprint density at radius 2 is 1.92 bits per heavy atom. The van der Waals surface area contributed by atoms with Crippen molar-refractivity contribution in [2.24, 2.45) is 0 Å². The van der Waals surface area contributed by atoms with Crippen LogP contribution in [0.2, 0.25) is 0 Å². The van der Waals surface area contributed by atoms with Crippen molar-refractivity contribution in [1.82, 2.24) is 4.98 Å². The Labute approximate surface area is 149 Å². The molecule has 4 nitrogen and oxygen atoms in total. The van der Waals surface area contributed by atoms with E-state index in [0.717, 1.165) is 10.0 Å². The molecule has 2 aromatic carbocycles. The minimum absolute atomic E-state index is 0.0239. The van der Waals surface area contributed by atoms with Gasteiger partial charge in [0.1, 0.15) is 5.52 Å². The quantitative estimate of drug-likeness (QED) is 0.659. The normalized spacial score (nSPS) is 11.7. The summed E-state index contributed by atoms with van der Waals surface area (Å²) in [5.74, 6) is -1.58. The average molecular weight is 413 g/mol. The van der Waals surface area contributed by atoms with Crippen LogP contribution in [0.15, 0.2) is 45.3 Å². The number of aromatic nitrogens is 1. The predicted octanol–water partition coefficient (Wildman–Crippen LogP) is 4.99. The number of carbonyl (C=O) groups excluding carboxylic acids is 1. The first-order chi connectivity index (χ1) is 11.7. The van der Waals surface area contributed by atoms with Crippen molar-refractivity contribution in [1.29, 1.82) is 0 Å². The van der Waals surface area contributed by atoms with Crippen molar-refractivity contribution in [3.05, 3.63) is 57.9 Å². The van der Waals surface area contributed by atoms with E-state index in [2.05, 4.69) is 20.9 Å². The number of oxazole rings is 1. The van der Waals surface area contributed by atoms with Gasteiger partial charge in [0.2, 0.25) is 0 Å². The highest BCUT2D eigenvalue weighted by Crippen LogP contribution is 2.27. The molecule has 0 atom stereocenters. The Morgan fingerprint density at radius 3 is 2.56 bits per heavy atom. The monoisotopic (exact) mass is 412 g/mol. The van der Waals surface area contributed by atoms with Gasteiger partial charge in [-0.2, -0.15) is 13.2 Å². The van der Waals surface area contributed by atoms with Gasteiger partial charge in [-0.15, -0.1) is 0 Å². The van der Waals surface area contributed by atoms with Gasteiger partial charge in [0.25, 0.3) is 0 Å². The second-order valence-electron chi connectivity index (χ2n) is 5.50. The highest BCUT2D eigenvalue weighted by atomic mass is 79.9. The Morgan fingerprint density at radius 1 is 1.24 bits per heavy atom. The summed E-state index contributed by atoms with van der Waals surface area (Å²) < 4.78 is 43.8. The zero-order valence-corrected chi connectivity index (χ0v) is 14.5. The molecule has 0 unspecified atom stereocenters. The van der Waals surface area contributed by atoms with E-state index < -0.39 is 12.1 Å². The topological polar surface area (TPSA) is 55.1 Å². The molecule has 8 heteroatoms. The summed E-state index contributed by atoms with van der Waals surface area (Å²) in [5, 5.41) is 1.83. The van der Waals surface area contributed by atoms with Gasteiger partial charge in [-0.25, -0.2) is 4.98 Å². The molecule has 3 aromatic rings. The van der Waals surface area contributed by atoms with Crippen LogP contribution in [0, 0.1) is 6.92 Å². The fourth-order valence-electron chi connectivity index (χ4n) is 2.37. The summed E-state index contributed by atoms with van der Waals surface area (Å²) in [7, 11) is 0. The molecule has 1 aromatic heterocycles. The Hall–Kier alpha value is -2.35. The number of aryl methyl sites for hydroxylation is 1. The number of amides is 1. The van der Waals surface area contributed by atoms with Crippen LogP contribution >= 0.6 is 15.9 Å². The minimum atomic E-state index is -4.95. The van der Waals surface area contributed by atoms with E-state index in [1.807, 2.05) is 29.6 Å². The minimum Gasteiger partial charge on any atom is -0.440 e. The van der Waals surface area contributed by atoms with Crippen molar-refractivity contribution in [2.45, 2.75) is 19.5 Å². The third-order valence-electron chi connectivity index (χ3n) is 3.50. The zero-order chi connectivity index (χ0) is 18.2. The lowest BCUT2D eigenvalue weighted by molar-refractivity contribution is -0.167. The molecule has 1 amide bonds. The number of alkyl halides is 3. The van der Waals surface area contributed by atoms with Gasteiger partial charge in [0.15, 0.2) is 11.5 Å². The van der Waals surface area contributed by atoms with Gasteiger partial charge in [-0.1, -0.05) is 28.1 Å². The lowest BCUT2D eigenvalue weighted by atomic mass is 10.1. The average Bonchev–Trinajstić information content (AvgIpc) is 2.92. The summed E-state index contributed by atoms with van der Waals surface area (Å²) >= 11 is 3.36. The van der Waals surface area contributed by atoms with Gasteiger partial charge in [0, 0.05) is 16.6 Å². The van der Waals surface area contributed by atoms with Crippen molar-refractivity contribution < 1.29 is 22.4 Å². The highest BCUT2D eigenvalue weighted by Gasteiger charge is 2.38. The van der Waals surface area contributed by atoms with E-state index in [4.69, 9.17) is 4.42 Å². The molecule has 0 saturated carbocycles. The summed E-state index contributed by atoms with van der Waals surface area (Å²) in [6, 6.07) is 10.4. The molecular weight excluding hydrogens is 401 g/mol. The van der Waals surface area contributed by atoms with Crippen LogP contribution in [0.1, 0.15) is 17.0 Å². The summed E-state index contributed by atoms with van der Waals surface area (Å²) in [6.45, 7) is 1.68. The first-order valence-corrected chi connectivity index (χ1v) is 8.04. The molecule has 0 radical (unpaired) electrons. The molecule has 0 fully saturated rings. The van der Waals surface area contributed by atoms with Gasteiger partial charge in [-0.05, 0) is 42.3 Å². The third-order valence-corrected chi connectivity index (χ3v) is 4.03. The number of hydrogen-bond acceptors (Lipinski definition) is 3. The largest absolute Gasteiger partial charge is 0.471 e. The van der Waals surface area contributed by atoms with E-state index in [-0.39, 0.29) is 5.69 Å². The molecule has 0 aliphatic rings. The van der Waals surface area contributed by atoms with Crippen LogP contribution in [0.4, 0.5) is 18.9 Å². The van der Waals surface area contributed by atoms with Crippen molar-refractivity contribution >= 4 is 38.6 Å². The number of rotatable bonds is 3. The van der Waals surface area contributed by atoms with Gasteiger partial charge in [-0.3, -0.25) is 4.79 Å². The third kappa shape index (κ3) is 4.01. The Balaban J connectivity index is 1.88. The lowest BCUT2D eigenvalue weighted by Crippen LogP contribution is -2.29. The number of anilines is 1. The molecule has 0 saturated heterocycles. The van der Waals surface area contributed by atoms with Crippen molar-refractivity contribution in [2.75, 3.05) is 5.32 Å². The van der Waals surface area contributed by atoms with E-state index in [1.165, 1.54) is 12.1 Å². The maximum atomic E-state index is 12.4. The summed E-state index contributed by atoms with van der Waals surface area (Å²) in [5.41, 5.74) is 2.47. The predicted molar refractivity (Wildman–Crippen MR) is 90.4 cm³/mol. The van der Waals surface area contributed by atoms with Crippen LogP contribution in [0.5, 0.6) is 0 Å². The van der Waals surface area contributed by atoms with Crippen LogP contribution in [-0.2, 0) is 11.2 Å². The smallest absolute Gasteiger partial charge is 0.440 e. The second kappa shape index (κ2) is 6.51. The number of carbonyl (C=O) groups is 1. The molecule has 0 bridgehead atoms. The lowest BCUT2D eigenvalue weighted by Gasteiger charge is -2.08. The second-order valence-corrected chi connectivity index (χ2v) is 6.42. The fraction of sp³-hybridized carbons (Fsp3) is 0.176. The number of nitrogens with one attached hydrogen (secondary N) is 1. The maximum absolute atomic E-state index is 12.4. The molecule has 1 heterocycles. The van der Waals surface area contributed by atoms with Crippen molar-refractivity contribution in [3.8, 4) is 0 Å². The van der Waals surface area contributed by atoms with Gasteiger partial charge < -0.3 is 9.73 Å². The molecule has 1 N–H and O–H groups in total. The van der Waals surface area contributed by atoms with E-state index in [9.17, 15) is 18.0 Å². The van der Waals surface area contributed by atoms with E-state index >= 15 is 0 Å². The standard InChI is InChI=1S/C17H12BrF3N2O2/c1-9-6-12(22-16(24)17(19,20)21)8-13-15(9)25-14(23-13)7-10-2-4-11(18)5-3-10/h2-6,8H,7H2,1H3,(H,22,24). The number of benzene rings is 2.